The second-order valence-corrected chi connectivity index (χ2v) is 5.52. The molecular weight excluding hydrogens is 244 g/mol. The first-order valence-corrected chi connectivity index (χ1v) is 6.44. The van der Waals surface area contributed by atoms with Crippen molar-refractivity contribution in [2.75, 3.05) is 13.2 Å². The third-order valence-corrected chi connectivity index (χ3v) is 2.71. The second kappa shape index (κ2) is 8.00. The molecular formula is C15H26O4. The Kier molecular flexibility index (Phi) is 7.45. The fraction of sp³-hybridized carbons (Fsp3) is 0.667. The van der Waals surface area contributed by atoms with Crippen molar-refractivity contribution >= 4 is 5.97 Å². The summed E-state index contributed by atoms with van der Waals surface area (Å²) < 4.78 is 16.1. The maximum Gasteiger partial charge on any atom is 0.330 e. The topological polar surface area (TPSA) is 44.8 Å². The first kappa shape index (κ1) is 17.7. The molecule has 0 unspecified atom stereocenters. The van der Waals surface area contributed by atoms with E-state index in [1.807, 2.05) is 27.7 Å². The zero-order valence-electron chi connectivity index (χ0n) is 12.5. The summed E-state index contributed by atoms with van der Waals surface area (Å²) in [6.45, 7) is 15.7. The summed E-state index contributed by atoms with van der Waals surface area (Å²) in [5, 5.41) is 0. The normalized spacial score (nSPS) is 11.8. The van der Waals surface area contributed by atoms with Gasteiger partial charge in [-0.2, -0.15) is 0 Å². The largest absolute Gasteiger partial charge is 0.496 e. The third kappa shape index (κ3) is 9.31. The maximum absolute atomic E-state index is 10.9. The molecule has 0 radical (unpaired) electrons. The van der Waals surface area contributed by atoms with Crippen LogP contribution in [0.3, 0.4) is 0 Å². The number of carbonyl (C=O) groups excluding carboxylic acids is 1. The summed E-state index contributed by atoms with van der Waals surface area (Å²) in [7, 11) is 0. The molecule has 0 N–H and O–H groups in total. The number of hydrogen-bond acceptors (Lipinski definition) is 4. The standard InChI is InChI=1S/C15H26O4/c1-7-13(16)17-11-9-15(5,6)19-12-10-14(3,4)18-8-2/h7-8H,1-2,9-12H2,3-6H3. The van der Waals surface area contributed by atoms with E-state index in [1.54, 1.807) is 0 Å². The summed E-state index contributed by atoms with van der Waals surface area (Å²) in [5.41, 5.74) is -0.626. The smallest absolute Gasteiger partial charge is 0.330 e. The monoisotopic (exact) mass is 270 g/mol. The minimum Gasteiger partial charge on any atom is -0.496 e. The SMILES string of the molecule is C=COC(C)(C)CCOC(C)(C)CCOC(=O)C=C. The molecule has 0 amide bonds. The lowest BCUT2D eigenvalue weighted by Crippen LogP contribution is -2.31. The highest BCUT2D eigenvalue weighted by atomic mass is 16.5. The number of rotatable bonds is 10. The van der Waals surface area contributed by atoms with Gasteiger partial charge in [0.25, 0.3) is 0 Å². The molecule has 19 heavy (non-hydrogen) atoms. The zero-order valence-corrected chi connectivity index (χ0v) is 12.5. The van der Waals surface area contributed by atoms with Gasteiger partial charge in [0.1, 0.15) is 5.60 Å². The van der Waals surface area contributed by atoms with Crippen molar-refractivity contribution in [3.63, 3.8) is 0 Å². The van der Waals surface area contributed by atoms with Crippen LogP contribution < -0.4 is 0 Å². The van der Waals surface area contributed by atoms with Crippen LogP contribution in [0.2, 0.25) is 0 Å². The summed E-state index contributed by atoms with van der Waals surface area (Å²) in [6.07, 6.45) is 3.99. The van der Waals surface area contributed by atoms with Crippen molar-refractivity contribution in [1.82, 2.24) is 0 Å². The molecule has 0 aliphatic rings. The van der Waals surface area contributed by atoms with Crippen LogP contribution in [0.15, 0.2) is 25.5 Å². The van der Waals surface area contributed by atoms with Crippen molar-refractivity contribution in [2.45, 2.75) is 51.7 Å². The van der Waals surface area contributed by atoms with E-state index in [1.165, 1.54) is 6.26 Å². The number of esters is 1. The molecule has 0 bridgehead atoms. The van der Waals surface area contributed by atoms with Crippen molar-refractivity contribution in [2.24, 2.45) is 0 Å². The summed E-state index contributed by atoms with van der Waals surface area (Å²) in [5.74, 6) is -0.406. The molecule has 0 saturated carbocycles. The average molecular weight is 270 g/mol. The number of carbonyl (C=O) groups is 1. The Hall–Kier alpha value is -1.29. The predicted molar refractivity (Wildman–Crippen MR) is 75.8 cm³/mol. The summed E-state index contributed by atoms with van der Waals surface area (Å²) in [4.78, 5) is 10.9. The molecule has 4 heteroatoms. The van der Waals surface area contributed by atoms with Crippen LogP contribution in [0.5, 0.6) is 0 Å². The van der Waals surface area contributed by atoms with Crippen molar-refractivity contribution < 1.29 is 19.0 Å². The van der Waals surface area contributed by atoms with E-state index in [9.17, 15) is 4.79 Å². The first-order valence-electron chi connectivity index (χ1n) is 6.44. The molecule has 0 aliphatic carbocycles. The quantitative estimate of drug-likeness (QED) is 0.347. The molecule has 0 rings (SSSR count). The molecule has 0 heterocycles. The highest BCUT2D eigenvalue weighted by Gasteiger charge is 2.22. The Morgan fingerprint density at radius 1 is 1.05 bits per heavy atom. The van der Waals surface area contributed by atoms with E-state index >= 15 is 0 Å². The molecule has 0 aromatic heterocycles. The second-order valence-electron chi connectivity index (χ2n) is 5.52. The van der Waals surface area contributed by atoms with Gasteiger partial charge in [-0.25, -0.2) is 4.79 Å². The third-order valence-electron chi connectivity index (χ3n) is 2.71. The fourth-order valence-corrected chi connectivity index (χ4v) is 1.39. The van der Waals surface area contributed by atoms with E-state index in [0.717, 1.165) is 12.5 Å². The van der Waals surface area contributed by atoms with Gasteiger partial charge in [-0.05, 0) is 27.7 Å². The van der Waals surface area contributed by atoms with E-state index < -0.39 is 5.97 Å². The van der Waals surface area contributed by atoms with Gasteiger partial charge in [-0.15, -0.1) is 0 Å². The van der Waals surface area contributed by atoms with Crippen LogP contribution in [-0.4, -0.2) is 30.4 Å². The molecule has 0 spiro atoms. The van der Waals surface area contributed by atoms with Gasteiger partial charge in [-0.1, -0.05) is 13.2 Å². The Balaban J connectivity index is 3.93. The van der Waals surface area contributed by atoms with Gasteiger partial charge >= 0.3 is 5.97 Å². The lowest BCUT2D eigenvalue weighted by atomic mass is 10.0. The van der Waals surface area contributed by atoms with Crippen molar-refractivity contribution in [1.29, 1.82) is 0 Å². The molecule has 0 aromatic carbocycles. The molecule has 0 aromatic rings. The molecule has 0 fully saturated rings. The number of hydrogen-bond donors (Lipinski definition) is 0. The summed E-state index contributed by atoms with van der Waals surface area (Å²) in [6, 6.07) is 0. The first-order chi connectivity index (χ1) is 8.72. The van der Waals surface area contributed by atoms with Crippen LogP contribution in [0.1, 0.15) is 40.5 Å². The highest BCUT2D eigenvalue weighted by molar-refractivity contribution is 5.81. The van der Waals surface area contributed by atoms with E-state index in [2.05, 4.69) is 13.2 Å². The fourth-order valence-electron chi connectivity index (χ4n) is 1.39. The van der Waals surface area contributed by atoms with Crippen molar-refractivity contribution in [3.05, 3.63) is 25.5 Å². The van der Waals surface area contributed by atoms with Crippen LogP contribution in [0.4, 0.5) is 0 Å². The minimum atomic E-state index is -0.406. The zero-order chi connectivity index (χ0) is 14.9. The molecule has 0 aliphatic heterocycles. The highest BCUT2D eigenvalue weighted by Crippen LogP contribution is 2.19. The van der Waals surface area contributed by atoms with Crippen LogP contribution in [0, 0.1) is 0 Å². The Labute approximate surface area is 116 Å². The van der Waals surface area contributed by atoms with Gasteiger partial charge in [0.15, 0.2) is 0 Å². The van der Waals surface area contributed by atoms with Crippen LogP contribution >= 0.6 is 0 Å². The van der Waals surface area contributed by atoms with Gasteiger partial charge in [0.2, 0.25) is 0 Å². The van der Waals surface area contributed by atoms with Crippen molar-refractivity contribution in [3.8, 4) is 0 Å². The summed E-state index contributed by atoms with van der Waals surface area (Å²) >= 11 is 0. The molecule has 0 atom stereocenters. The van der Waals surface area contributed by atoms with Gasteiger partial charge in [-0.3, -0.25) is 0 Å². The lowest BCUT2D eigenvalue weighted by Gasteiger charge is -2.29. The minimum absolute atomic E-state index is 0.285. The van der Waals surface area contributed by atoms with Gasteiger partial charge in [0.05, 0.1) is 25.1 Å². The molecule has 0 saturated heterocycles. The maximum atomic E-state index is 10.9. The van der Waals surface area contributed by atoms with Gasteiger partial charge in [0, 0.05) is 18.9 Å². The Morgan fingerprint density at radius 3 is 2.16 bits per heavy atom. The van der Waals surface area contributed by atoms with E-state index in [0.29, 0.717) is 19.6 Å². The molecule has 110 valence electrons. The van der Waals surface area contributed by atoms with Gasteiger partial charge < -0.3 is 14.2 Å². The number of ether oxygens (including phenoxy) is 3. The Bertz CT molecular complexity index is 305. The van der Waals surface area contributed by atoms with Crippen LogP contribution in [-0.2, 0) is 19.0 Å². The Morgan fingerprint density at radius 2 is 1.63 bits per heavy atom. The average Bonchev–Trinajstić information content (AvgIpc) is 2.27. The lowest BCUT2D eigenvalue weighted by molar-refractivity contribution is -0.139. The van der Waals surface area contributed by atoms with Crippen LogP contribution in [0.25, 0.3) is 0 Å². The van der Waals surface area contributed by atoms with E-state index in [4.69, 9.17) is 14.2 Å². The molecule has 4 nitrogen and oxygen atoms in total. The predicted octanol–water partition coefficient (Wildman–Crippen LogP) is 3.23. The van der Waals surface area contributed by atoms with E-state index in [-0.39, 0.29) is 11.2 Å².